The Balaban J connectivity index is 0.00000272. The number of nitrogens with zero attached hydrogens (tertiary/aromatic N) is 4. The van der Waals surface area contributed by atoms with E-state index in [1.807, 2.05) is 16.8 Å². The minimum absolute atomic E-state index is 0. The van der Waals surface area contributed by atoms with Crippen molar-refractivity contribution in [3.05, 3.63) is 70.0 Å². The lowest BCUT2D eigenvalue weighted by Crippen LogP contribution is -2.30. The smallest absolute Gasteiger partial charge is 0.245 e. The molecule has 1 fully saturated rings. The van der Waals surface area contributed by atoms with Gasteiger partial charge >= 0.3 is 0 Å². The molecule has 0 aliphatic heterocycles. The Hall–Kier alpha value is -1.75. The second-order valence-electron chi connectivity index (χ2n) is 7.96. The van der Waals surface area contributed by atoms with Gasteiger partial charge in [0, 0.05) is 17.5 Å². The molecule has 0 spiro atoms. The van der Waals surface area contributed by atoms with Gasteiger partial charge < -0.3 is 4.90 Å². The van der Waals surface area contributed by atoms with E-state index in [1.54, 1.807) is 6.07 Å². The molecule has 3 aromatic rings. The fourth-order valence-corrected chi connectivity index (χ4v) is 4.45. The lowest BCUT2D eigenvalue weighted by molar-refractivity contribution is 0.551. The van der Waals surface area contributed by atoms with Crippen LogP contribution in [0.15, 0.2) is 48.5 Å². The zero-order valence-corrected chi connectivity index (χ0v) is 20.3. The van der Waals surface area contributed by atoms with Gasteiger partial charge in [0.25, 0.3) is 0 Å². The van der Waals surface area contributed by atoms with E-state index < -0.39 is 0 Å². The third-order valence-electron chi connectivity index (χ3n) is 5.55. The van der Waals surface area contributed by atoms with E-state index in [2.05, 4.69) is 49.1 Å². The van der Waals surface area contributed by atoms with Crippen molar-refractivity contribution in [2.24, 2.45) is 0 Å². The van der Waals surface area contributed by atoms with E-state index in [4.69, 9.17) is 33.3 Å². The van der Waals surface area contributed by atoms with Gasteiger partial charge in [0.15, 0.2) is 0 Å². The van der Waals surface area contributed by atoms with Gasteiger partial charge in [0.1, 0.15) is 5.82 Å². The quantitative estimate of drug-likeness (QED) is 0.316. The van der Waals surface area contributed by atoms with Crippen molar-refractivity contribution >= 4 is 41.6 Å². The van der Waals surface area contributed by atoms with Crippen LogP contribution in [0.25, 0.3) is 5.69 Å². The van der Waals surface area contributed by atoms with Crippen LogP contribution in [0.3, 0.4) is 0 Å². The maximum absolute atomic E-state index is 6.53. The summed E-state index contributed by atoms with van der Waals surface area (Å²) in [5.74, 6) is 2.23. The molecule has 1 aliphatic rings. The standard InChI is InChI=1S/C24H28Cl2N4.ClH/c1-3-8-21(17-9-6-5-7-10-17)29(15-4-2)24-27-23(18-11-12-18)30(28-24)22-14-13-19(25)16-20(22)26;/h5-7,9-10,13-14,16,18,21H,3-4,8,11-12,15H2,1-2H3;1H/t21-;/m0./s1. The molecule has 1 saturated carbocycles. The van der Waals surface area contributed by atoms with Gasteiger partial charge in [0.2, 0.25) is 5.95 Å². The highest BCUT2D eigenvalue weighted by Gasteiger charge is 2.33. The molecule has 1 atom stereocenters. The van der Waals surface area contributed by atoms with Crippen LogP contribution in [0.2, 0.25) is 10.0 Å². The second kappa shape index (κ2) is 10.7. The first-order valence-electron chi connectivity index (χ1n) is 10.9. The Labute approximate surface area is 201 Å². The second-order valence-corrected chi connectivity index (χ2v) is 8.80. The molecule has 1 heterocycles. The molecule has 0 saturated heterocycles. The summed E-state index contributed by atoms with van der Waals surface area (Å²) in [6, 6.07) is 16.5. The minimum Gasteiger partial charge on any atom is -0.332 e. The zero-order valence-electron chi connectivity index (χ0n) is 18.0. The topological polar surface area (TPSA) is 34.0 Å². The van der Waals surface area contributed by atoms with Gasteiger partial charge in [-0.3, -0.25) is 0 Å². The van der Waals surface area contributed by atoms with E-state index in [1.165, 1.54) is 5.56 Å². The third-order valence-corrected chi connectivity index (χ3v) is 6.08. The van der Waals surface area contributed by atoms with Gasteiger partial charge in [0.05, 0.1) is 16.8 Å². The minimum atomic E-state index is 0. The molecular weight excluding hydrogens is 451 g/mol. The van der Waals surface area contributed by atoms with E-state index in [0.29, 0.717) is 16.0 Å². The fraction of sp³-hybridized carbons (Fsp3) is 0.417. The first kappa shape index (κ1) is 23.9. The Morgan fingerprint density at radius 1 is 1.06 bits per heavy atom. The highest BCUT2D eigenvalue weighted by Crippen LogP contribution is 2.42. The molecule has 0 unspecified atom stereocenters. The lowest BCUT2D eigenvalue weighted by Gasteiger charge is -2.31. The molecule has 0 amide bonds. The van der Waals surface area contributed by atoms with E-state index >= 15 is 0 Å². The molecule has 4 nitrogen and oxygen atoms in total. The number of benzene rings is 2. The van der Waals surface area contributed by atoms with Crippen molar-refractivity contribution in [1.82, 2.24) is 14.8 Å². The molecule has 1 aromatic heterocycles. The average molecular weight is 480 g/mol. The molecule has 0 N–H and O–H groups in total. The molecular formula is C24H29Cl3N4. The maximum atomic E-state index is 6.53. The van der Waals surface area contributed by atoms with E-state index in [9.17, 15) is 0 Å². The van der Waals surface area contributed by atoms with Gasteiger partial charge in [-0.05, 0) is 49.4 Å². The molecule has 1 aliphatic carbocycles. The lowest BCUT2D eigenvalue weighted by atomic mass is 10.0. The first-order chi connectivity index (χ1) is 14.6. The normalized spacial score (nSPS) is 14.2. The molecule has 0 bridgehead atoms. The third kappa shape index (κ3) is 5.36. The molecule has 4 rings (SSSR count). The molecule has 166 valence electrons. The predicted molar refractivity (Wildman–Crippen MR) is 132 cm³/mol. The van der Waals surface area contributed by atoms with Gasteiger partial charge in [-0.1, -0.05) is 73.8 Å². The van der Waals surface area contributed by atoms with E-state index in [0.717, 1.165) is 56.1 Å². The van der Waals surface area contributed by atoms with Crippen molar-refractivity contribution in [2.45, 2.75) is 57.9 Å². The van der Waals surface area contributed by atoms with Crippen LogP contribution in [0.1, 0.15) is 69.3 Å². The fourth-order valence-electron chi connectivity index (χ4n) is 3.96. The summed E-state index contributed by atoms with van der Waals surface area (Å²) < 4.78 is 1.93. The number of rotatable bonds is 9. The molecule has 0 radical (unpaired) electrons. The number of hydrogen-bond acceptors (Lipinski definition) is 3. The summed E-state index contributed by atoms with van der Waals surface area (Å²) in [5.41, 5.74) is 2.14. The van der Waals surface area contributed by atoms with Crippen molar-refractivity contribution in [2.75, 3.05) is 11.4 Å². The number of hydrogen-bond donors (Lipinski definition) is 0. The number of aromatic nitrogens is 3. The van der Waals surface area contributed by atoms with E-state index in [-0.39, 0.29) is 18.4 Å². The van der Waals surface area contributed by atoms with Crippen LogP contribution in [0.4, 0.5) is 5.95 Å². The van der Waals surface area contributed by atoms with Crippen molar-refractivity contribution < 1.29 is 0 Å². The maximum Gasteiger partial charge on any atom is 0.245 e. The van der Waals surface area contributed by atoms with Crippen molar-refractivity contribution in [3.63, 3.8) is 0 Å². The molecule has 7 heteroatoms. The van der Waals surface area contributed by atoms with Crippen LogP contribution in [-0.2, 0) is 0 Å². The van der Waals surface area contributed by atoms with Crippen LogP contribution in [0.5, 0.6) is 0 Å². The van der Waals surface area contributed by atoms with Crippen molar-refractivity contribution in [1.29, 1.82) is 0 Å². The summed E-state index contributed by atoms with van der Waals surface area (Å²) in [6.45, 7) is 5.34. The summed E-state index contributed by atoms with van der Waals surface area (Å²) in [7, 11) is 0. The Kier molecular flexibility index (Phi) is 8.26. The monoisotopic (exact) mass is 478 g/mol. The summed E-state index contributed by atoms with van der Waals surface area (Å²) in [4.78, 5) is 7.41. The van der Waals surface area contributed by atoms with Crippen LogP contribution in [0, 0.1) is 0 Å². The molecule has 31 heavy (non-hydrogen) atoms. The van der Waals surface area contributed by atoms with Gasteiger partial charge in [-0.2, -0.15) is 4.98 Å². The predicted octanol–water partition coefficient (Wildman–Crippen LogP) is 7.63. The number of anilines is 1. The Bertz CT molecular complexity index is 986. The first-order valence-corrected chi connectivity index (χ1v) is 11.6. The molecule has 2 aromatic carbocycles. The average Bonchev–Trinajstić information content (AvgIpc) is 3.50. The van der Waals surface area contributed by atoms with Crippen LogP contribution in [-0.4, -0.2) is 21.3 Å². The number of halogens is 3. The highest BCUT2D eigenvalue weighted by atomic mass is 35.5. The Morgan fingerprint density at radius 2 is 1.81 bits per heavy atom. The highest BCUT2D eigenvalue weighted by molar-refractivity contribution is 6.35. The summed E-state index contributed by atoms with van der Waals surface area (Å²) in [6.07, 6.45) is 5.47. The van der Waals surface area contributed by atoms with Gasteiger partial charge in [-0.25, -0.2) is 4.68 Å². The summed E-state index contributed by atoms with van der Waals surface area (Å²) in [5, 5.41) is 6.20. The SMILES string of the molecule is CCC[C@@H](c1ccccc1)N(CCC)c1nc(C2CC2)n(-c2ccc(Cl)cc2Cl)n1.Cl. The van der Waals surface area contributed by atoms with Gasteiger partial charge in [-0.15, -0.1) is 17.5 Å². The largest absolute Gasteiger partial charge is 0.332 e. The van der Waals surface area contributed by atoms with Crippen molar-refractivity contribution in [3.8, 4) is 5.69 Å². The van der Waals surface area contributed by atoms with Crippen LogP contribution >= 0.6 is 35.6 Å². The Morgan fingerprint density at radius 3 is 2.42 bits per heavy atom. The van der Waals surface area contributed by atoms with Crippen LogP contribution < -0.4 is 4.90 Å². The summed E-state index contributed by atoms with van der Waals surface area (Å²) >= 11 is 12.7. The zero-order chi connectivity index (χ0) is 21.1.